The molecule has 0 heterocycles. The first-order valence-corrected chi connectivity index (χ1v) is 14.7. The van der Waals surface area contributed by atoms with Crippen molar-refractivity contribution in [3.8, 4) is 0 Å². The first-order valence-electron chi connectivity index (χ1n) is 13.2. The number of aliphatic hydroxyl groups excluding tert-OH is 2. The lowest BCUT2D eigenvalue weighted by Gasteiger charge is -2.24. The maximum Gasteiger partial charge on any atom is 0.472 e. The Hall–Kier alpha value is -2.00. The topological polar surface area (TPSA) is 123 Å². The Kier molecular flexibility index (Phi) is 20.7. The Morgan fingerprint density at radius 2 is 1.55 bits per heavy atom. The number of likely N-dealkylation sites (N-methyl/N-ethyl adjacent to an activating group) is 1. The van der Waals surface area contributed by atoms with Crippen molar-refractivity contribution < 1.29 is 42.7 Å². The van der Waals surface area contributed by atoms with Crippen molar-refractivity contribution in [2.45, 2.75) is 64.4 Å². The first kappa shape index (κ1) is 36.0. The third kappa shape index (κ3) is 25.6. The minimum Gasteiger partial charge on any atom is -0.512 e. The molecule has 38 heavy (non-hydrogen) atoms. The summed E-state index contributed by atoms with van der Waals surface area (Å²) in [5, 5.41) is 19.5. The number of hydrogen-bond donors (Lipinski definition) is 3. The zero-order valence-corrected chi connectivity index (χ0v) is 24.4. The predicted octanol–water partition coefficient (Wildman–Crippen LogP) is 5.54. The number of rotatable bonds is 22. The lowest BCUT2D eigenvalue weighted by Crippen LogP contribution is -2.37. The standard InChI is InChI=1S/C28H48NO8P/c1-5-6-16-19-26(30)20-17-14-12-10-8-7-9-11-13-15-18-21-28(32)35-24-27(31)25-37-38(33,34)36-23-22-29(2,3)4/h6-8,11-14,16,20,27,31H,5,9-10,15,17-19,21-25H2,1-4H3,(H-,30,33,34)/p+1/b8-7-,13-11-,14-12-,16-6-,26-20+/t27-/m1/s1. The average molecular weight is 559 g/mol. The van der Waals surface area contributed by atoms with E-state index in [1.807, 2.05) is 57.6 Å². The van der Waals surface area contributed by atoms with Crippen LogP contribution in [-0.4, -0.2) is 79.2 Å². The number of carbonyl (C=O) groups excluding carboxylic acids is 1. The van der Waals surface area contributed by atoms with Crippen molar-refractivity contribution in [1.29, 1.82) is 0 Å². The number of allylic oxidation sites excluding steroid dienone is 9. The zero-order chi connectivity index (χ0) is 28.7. The van der Waals surface area contributed by atoms with Gasteiger partial charge in [0.1, 0.15) is 25.9 Å². The van der Waals surface area contributed by atoms with E-state index in [2.05, 4.69) is 25.2 Å². The van der Waals surface area contributed by atoms with Gasteiger partial charge in [-0.1, -0.05) is 55.5 Å². The van der Waals surface area contributed by atoms with E-state index in [1.54, 1.807) is 0 Å². The van der Waals surface area contributed by atoms with Gasteiger partial charge in [0.05, 0.1) is 33.5 Å². The van der Waals surface area contributed by atoms with Crippen molar-refractivity contribution in [3.63, 3.8) is 0 Å². The monoisotopic (exact) mass is 558 g/mol. The Labute approximate surface area is 229 Å². The summed E-state index contributed by atoms with van der Waals surface area (Å²) in [6, 6.07) is 0. The van der Waals surface area contributed by atoms with Crippen LogP contribution in [0.1, 0.15) is 58.3 Å². The second kappa shape index (κ2) is 21.9. The summed E-state index contributed by atoms with van der Waals surface area (Å²) in [4.78, 5) is 21.4. The molecule has 1 unspecified atom stereocenters. The van der Waals surface area contributed by atoms with Gasteiger partial charge in [0.2, 0.25) is 0 Å². The van der Waals surface area contributed by atoms with E-state index in [0.717, 1.165) is 25.7 Å². The number of phosphoric acid groups is 1. The molecule has 3 N–H and O–H groups in total. The third-order valence-electron chi connectivity index (χ3n) is 4.90. The van der Waals surface area contributed by atoms with Crippen LogP contribution in [0.3, 0.4) is 0 Å². The number of esters is 1. The molecule has 0 fully saturated rings. The van der Waals surface area contributed by atoms with Crippen molar-refractivity contribution in [3.05, 3.63) is 60.4 Å². The normalized spacial score (nSPS) is 15.7. The Morgan fingerprint density at radius 3 is 2.18 bits per heavy atom. The van der Waals surface area contributed by atoms with Gasteiger partial charge in [-0.25, -0.2) is 4.57 Å². The van der Waals surface area contributed by atoms with Crippen LogP contribution in [0.15, 0.2) is 60.4 Å². The van der Waals surface area contributed by atoms with Crippen LogP contribution in [0.5, 0.6) is 0 Å². The highest BCUT2D eigenvalue weighted by Crippen LogP contribution is 2.43. The zero-order valence-electron chi connectivity index (χ0n) is 23.5. The van der Waals surface area contributed by atoms with Crippen LogP contribution < -0.4 is 0 Å². The van der Waals surface area contributed by atoms with E-state index in [0.29, 0.717) is 36.0 Å². The number of hydrogen-bond acceptors (Lipinski definition) is 7. The van der Waals surface area contributed by atoms with E-state index in [1.165, 1.54) is 0 Å². The molecule has 0 aromatic rings. The summed E-state index contributed by atoms with van der Waals surface area (Å²) < 4.78 is 26.9. The molecule has 218 valence electrons. The molecule has 0 aromatic carbocycles. The van der Waals surface area contributed by atoms with Gasteiger partial charge in [-0.15, -0.1) is 0 Å². The number of ether oxygens (including phenoxy) is 1. The van der Waals surface area contributed by atoms with Crippen molar-refractivity contribution in [1.82, 2.24) is 0 Å². The third-order valence-corrected chi connectivity index (χ3v) is 5.88. The quantitative estimate of drug-likeness (QED) is 0.0396. The van der Waals surface area contributed by atoms with Crippen LogP contribution in [0.4, 0.5) is 0 Å². The molecule has 2 atom stereocenters. The van der Waals surface area contributed by atoms with E-state index in [9.17, 15) is 24.5 Å². The number of nitrogens with zero attached hydrogens (tertiary/aromatic N) is 1. The van der Waals surface area contributed by atoms with Crippen molar-refractivity contribution in [2.75, 3.05) is 47.5 Å². The predicted molar refractivity (Wildman–Crippen MR) is 151 cm³/mol. The molecule has 0 rings (SSSR count). The lowest BCUT2D eigenvalue weighted by atomic mass is 10.2. The average Bonchev–Trinajstić information content (AvgIpc) is 2.83. The van der Waals surface area contributed by atoms with E-state index < -0.39 is 26.5 Å². The first-order chi connectivity index (χ1) is 17.9. The van der Waals surface area contributed by atoms with Gasteiger partial charge in [-0.3, -0.25) is 13.8 Å². The maximum absolute atomic E-state index is 11.8. The highest BCUT2D eigenvalue weighted by atomic mass is 31.2. The molecular weight excluding hydrogens is 509 g/mol. The van der Waals surface area contributed by atoms with Crippen molar-refractivity contribution >= 4 is 13.8 Å². The molecule has 10 heteroatoms. The Bertz CT molecular complexity index is 827. The van der Waals surface area contributed by atoms with Crippen molar-refractivity contribution in [2.24, 2.45) is 0 Å². The van der Waals surface area contributed by atoms with Gasteiger partial charge < -0.3 is 24.3 Å². The summed E-state index contributed by atoms with van der Waals surface area (Å²) >= 11 is 0. The molecule has 0 aliphatic carbocycles. The van der Waals surface area contributed by atoms with Crippen LogP contribution in [0.25, 0.3) is 0 Å². The minimum absolute atomic E-state index is 0.0347. The summed E-state index contributed by atoms with van der Waals surface area (Å²) in [7, 11) is 1.49. The molecule has 0 aliphatic rings. The highest BCUT2D eigenvalue weighted by Gasteiger charge is 2.24. The van der Waals surface area contributed by atoms with Gasteiger partial charge >= 0.3 is 13.8 Å². The van der Waals surface area contributed by atoms with Gasteiger partial charge in [0.25, 0.3) is 0 Å². The molecule has 0 spiro atoms. The maximum atomic E-state index is 11.8. The molecule has 0 bridgehead atoms. The fourth-order valence-corrected chi connectivity index (χ4v) is 3.48. The molecule has 0 amide bonds. The van der Waals surface area contributed by atoms with Gasteiger partial charge in [-0.05, 0) is 44.6 Å². The molecule has 0 saturated heterocycles. The summed E-state index contributed by atoms with van der Waals surface area (Å²) in [5.41, 5.74) is 0. The van der Waals surface area contributed by atoms with E-state index in [4.69, 9.17) is 13.8 Å². The highest BCUT2D eigenvalue weighted by molar-refractivity contribution is 7.47. The summed E-state index contributed by atoms with van der Waals surface area (Å²) in [6.45, 7) is 1.81. The molecule has 0 saturated carbocycles. The molecule has 9 nitrogen and oxygen atoms in total. The van der Waals surface area contributed by atoms with Crippen LogP contribution in [-0.2, 0) is 23.1 Å². The second-order valence-corrected chi connectivity index (χ2v) is 11.2. The lowest BCUT2D eigenvalue weighted by molar-refractivity contribution is -0.870. The summed E-state index contributed by atoms with van der Waals surface area (Å²) in [6.07, 6.45) is 22.3. The molecular formula is C28H49NO8P+. The van der Waals surface area contributed by atoms with Gasteiger partial charge in [0, 0.05) is 12.8 Å². The number of phosphoric ester groups is 1. The molecule has 0 aliphatic heterocycles. The number of unbranched alkanes of at least 4 members (excludes halogenated alkanes) is 1. The van der Waals surface area contributed by atoms with Crippen LogP contribution >= 0.6 is 7.82 Å². The largest absolute Gasteiger partial charge is 0.512 e. The fourth-order valence-electron chi connectivity index (χ4n) is 2.74. The summed E-state index contributed by atoms with van der Waals surface area (Å²) in [5.74, 6) is -0.0559. The molecule has 0 aromatic heterocycles. The SMILES string of the molecule is CC/C=C\C/C(O)=C\C/C=C\C/C=C\C/C=C\CCCC(=O)OC[C@@H](O)COP(=O)(O)OCC[N+](C)(C)C. The second-order valence-electron chi connectivity index (χ2n) is 9.74. The fraction of sp³-hybridized carbons (Fsp3) is 0.607. The van der Waals surface area contributed by atoms with Gasteiger partial charge in [-0.2, -0.15) is 0 Å². The smallest absolute Gasteiger partial charge is 0.472 e. The Morgan fingerprint density at radius 1 is 0.921 bits per heavy atom. The van der Waals surface area contributed by atoms with Crippen LogP contribution in [0.2, 0.25) is 0 Å². The molecule has 0 radical (unpaired) electrons. The van der Waals surface area contributed by atoms with E-state index >= 15 is 0 Å². The van der Waals surface area contributed by atoms with Crippen LogP contribution in [0, 0.1) is 0 Å². The van der Waals surface area contributed by atoms with E-state index in [-0.39, 0.29) is 19.6 Å². The number of aliphatic hydroxyl groups is 2. The number of quaternary nitrogens is 1. The minimum atomic E-state index is -4.27. The Balaban J connectivity index is 3.84. The van der Waals surface area contributed by atoms with Gasteiger partial charge in [0.15, 0.2) is 0 Å². The number of carbonyl (C=O) groups is 1.